The number of carbonyl (C=O) groups excluding carboxylic acids is 1. The Balaban J connectivity index is 1.24. The highest BCUT2D eigenvalue weighted by Gasteiger charge is 2.42. The number of benzene rings is 1. The van der Waals surface area contributed by atoms with E-state index in [0.29, 0.717) is 0 Å². The second-order valence-electron chi connectivity index (χ2n) is 7.26. The van der Waals surface area contributed by atoms with E-state index in [1.807, 2.05) is 35.2 Å². The highest BCUT2D eigenvalue weighted by Crippen LogP contribution is 2.46. The van der Waals surface area contributed by atoms with Gasteiger partial charge in [0.05, 0.1) is 0 Å². The molecule has 1 aromatic rings. The van der Waals surface area contributed by atoms with Crippen LogP contribution in [0.4, 0.5) is 0 Å². The van der Waals surface area contributed by atoms with Gasteiger partial charge in [-0.25, -0.2) is 0 Å². The van der Waals surface area contributed by atoms with E-state index in [2.05, 4.69) is 4.90 Å². The van der Waals surface area contributed by atoms with Crippen molar-refractivity contribution >= 4 is 5.91 Å². The summed E-state index contributed by atoms with van der Waals surface area (Å²) in [5.74, 6) is 2.80. The highest BCUT2D eigenvalue weighted by atomic mass is 16.5. The molecule has 1 aliphatic heterocycles. The Bertz CT molecular complexity index is 540. The number of carbonyl (C=O) groups is 1. The summed E-state index contributed by atoms with van der Waals surface area (Å²) < 4.78 is 5.58. The zero-order chi connectivity index (χ0) is 15.6. The van der Waals surface area contributed by atoms with Gasteiger partial charge in [-0.1, -0.05) is 24.6 Å². The van der Waals surface area contributed by atoms with Crippen LogP contribution in [0, 0.1) is 11.8 Å². The molecule has 0 aromatic heterocycles. The molecule has 4 heteroatoms. The van der Waals surface area contributed by atoms with Gasteiger partial charge in [0.1, 0.15) is 5.75 Å². The predicted octanol–water partition coefficient (Wildman–Crippen LogP) is 2.40. The maximum absolute atomic E-state index is 12.3. The summed E-state index contributed by atoms with van der Waals surface area (Å²) in [7, 11) is 0. The molecule has 3 atom stereocenters. The average Bonchev–Trinajstić information content (AvgIpc) is 3.24. The summed E-state index contributed by atoms with van der Waals surface area (Å²) in [6.07, 6.45) is 5.74. The van der Waals surface area contributed by atoms with Gasteiger partial charge in [-0.05, 0) is 43.2 Å². The minimum absolute atomic E-state index is 0.112. The molecule has 1 aromatic carbocycles. The number of rotatable bonds is 4. The van der Waals surface area contributed by atoms with Crippen LogP contribution in [0.3, 0.4) is 0 Å². The predicted molar refractivity (Wildman–Crippen MR) is 89.3 cm³/mol. The number of hydrogen-bond acceptors (Lipinski definition) is 3. The Hall–Kier alpha value is -1.55. The number of nitrogens with zero attached hydrogens (tertiary/aromatic N) is 2. The summed E-state index contributed by atoms with van der Waals surface area (Å²) in [5.41, 5.74) is 0. The molecule has 0 radical (unpaired) electrons. The van der Waals surface area contributed by atoms with Crippen LogP contribution in [0.5, 0.6) is 5.75 Å². The van der Waals surface area contributed by atoms with Crippen LogP contribution in [0.1, 0.15) is 25.7 Å². The lowest BCUT2D eigenvalue weighted by atomic mass is 9.93. The lowest BCUT2D eigenvalue weighted by Crippen LogP contribution is -2.53. The Morgan fingerprint density at radius 2 is 1.83 bits per heavy atom. The van der Waals surface area contributed by atoms with Crippen LogP contribution in [0.15, 0.2) is 30.3 Å². The molecule has 0 N–H and O–H groups in total. The molecule has 2 saturated carbocycles. The van der Waals surface area contributed by atoms with Crippen LogP contribution in [-0.2, 0) is 4.79 Å². The normalized spacial score (nSPS) is 30.6. The maximum Gasteiger partial charge on any atom is 0.260 e. The van der Waals surface area contributed by atoms with Gasteiger partial charge in [-0.2, -0.15) is 0 Å². The Labute approximate surface area is 138 Å². The first kappa shape index (κ1) is 15.0. The first-order valence-electron chi connectivity index (χ1n) is 8.99. The van der Waals surface area contributed by atoms with Crippen LogP contribution in [0.25, 0.3) is 0 Å². The third-order valence-electron chi connectivity index (χ3n) is 5.94. The first-order valence-corrected chi connectivity index (χ1v) is 8.99. The Morgan fingerprint density at radius 1 is 1.04 bits per heavy atom. The summed E-state index contributed by atoms with van der Waals surface area (Å²) >= 11 is 0. The molecule has 2 bridgehead atoms. The topological polar surface area (TPSA) is 32.8 Å². The Morgan fingerprint density at radius 3 is 2.48 bits per heavy atom. The van der Waals surface area contributed by atoms with Crippen molar-refractivity contribution in [2.24, 2.45) is 11.8 Å². The summed E-state index contributed by atoms with van der Waals surface area (Å²) in [6, 6.07) is 10.4. The van der Waals surface area contributed by atoms with Gasteiger partial charge >= 0.3 is 0 Å². The van der Waals surface area contributed by atoms with Crippen molar-refractivity contribution < 1.29 is 9.53 Å². The van der Waals surface area contributed by atoms with Crippen molar-refractivity contribution in [3.8, 4) is 5.75 Å². The molecule has 2 aliphatic carbocycles. The van der Waals surface area contributed by atoms with E-state index in [1.165, 1.54) is 25.7 Å². The summed E-state index contributed by atoms with van der Waals surface area (Å²) in [4.78, 5) is 16.9. The fourth-order valence-corrected chi connectivity index (χ4v) is 4.71. The minimum Gasteiger partial charge on any atom is -0.484 e. The van der Waals surface area contributed by atoms with Crippen LogP contribution in [-0.4, -0.2) is 54.5 Å². The Kier molecular flexibility index (Phi) is 4.25. The first-order chi connectivity index (χ1) is 11.3. The largest absolute Gasteiger partial charge is 0.484 e. The number of para-hydroxylation sites is 1. The molecule has 3 aliphatic rings. The fourth-order valence-electron chi connectivity index (χ4n) is 4.71. The summed E-state index contributed by atoms with van der Waals surface area (Å²) in [5, 5.41) is 0. The van der Waals surface area contributed by atoms with E-state index in [9.17, 15) is 4.79 Å². The zero-order valence-electron chi connectivity index (χ0n) is 13.7. The van der Waals surface area contributed by atoms with Crippen LogP contribution >= 0.6 is 0 Å². The molecule has 124 valence electrons. The third kappa shape index (κ3) is 3.23. The van der Waals surface area contributed by atoms with Crippen molar-refractivity contribution in [3.63, 3.8) is 0 Å². The molecule has 0 spiro atoms. The van der Waals surface area contributed by atoms with Gasteiger partial charge in [-0.3, -0.25) is 9.69 Å². The minimum atomic E-state index is 0.112. The van der Waals surface area contributed by atoms with E-state index in [1.54, 1.807) is 0 Å². The zero-order valence-corrected chi connectivity index (χ0v) is 13.7. The number of amides is 1. The maximum atomic E-state index is 12.3. The molecule has 0 unspecified atom stereocenters. The lowest BCUT2D eigenvalue weighted by Gasteiger charge is -2.41. The van der Waals surface area contributed by atoms with Gasteiger partial charge in [0, 0.05) is 32.2 Å². The lowest BCUT2D eigenvalue weighted by molar-refractivity contribution is -0.135. The molecule has 4 nitrogen and oxygen atoms in total. The van der Waals surface area contributed by atoms with Crippen molar-refractivity contribution in [1.29, 1.82) is 0 Å². The van der Waals surface area contributed by atoms with E-state index < -0.39 is 0 Å². The molecule has 1 heterocycles. The van der Waals surface area contributed by atoms with E-state index in [4.69, 9.17) is 4.74 Å². The van der Waals surface area contributed by atoms with Crippen molar-refractivity contribution in [1.82, 2.24) is 9.80 Å². The number of piperazine rings is 1. The quantitative estimate of drug-likeness (QED) is 0.855. The molecule has 1 saturated heterocycles. The number of fused-ring (bicyclic) bond motifs is 2. The molecule has 4 rings (SSSR count). The monoisotopic (exact) mass is 314 g/mol. The second-order valence-corrected chi connectivity index (χ2v) is 7.26. The van der Waals surface area contributed by atoms with E-state index in [-0.39, 0.29) is 12.5 Å². The number of hydrogen-bond donors (Lipinski definition) is 0. The smallest absolute Gasteiger partial charge is 0.260 e. The second kappa shape index (κ2) is 6.52. The van der Waals surface area contributed by atoms with Gasteiger partial charge in [0.25, 0.3) is 5.91 Å². The molecule has 3 fully saturated rings. The van der Waals surface area contributed by atoms with Crippen LogP contribution in [0.2, 0.25) is 0 Å². The van der Waals surface area contributed by atoms with Gasteiger partial charge in [0.2, 0.25) is 0 Å². The summed E-state index contributed by atoms with van der Waals surface area (Å²) in [6.45, 7) is 3.92. The van der Waals surface area contributed by atoms with Gasteiger partial charge in [0.15, 0.2) is 6.61 Å². The average molecular weight is 314 g/mol. The van der Waals surface area contributed by atoms with E-state index >= 15 is 0 Å². The van der Waals surface area contributed by atoms with E-state index in [0.717, 1.165) is 49.8 Å². The number of ether oxygens (including phenoxy) is 1. The van der Waals surface area contributed by atoms with Crippen molar-refractivity contribution in [3.05, 3.63) is 30.3 Å². The highest BCUT2D eigenvalue weighted by molar-refractivity contribution is 5.77. The standard InChI is InChI=1S/C19H26N2O2/c22-19(14-23-17-4-2-1-3-5-17)21-10-8-20(9-11-21)18-13-15-6-7-16(18)12-15/h1-5,15-16,18H,6-14H2/t15-,16-,18+/m1/s1. The van der Waals surface area contributed by atoms with Crippen molar-refractivity contribution in [2.75, 3.05) is 32.8 Å². The fraction of sp³-hybridized carbons (Fsp3) is 0.632. The van der Waals surface area contributed by atoms with Crippen LogP contribution < -0.4 is 4.74 Å². The third-order valence-corrected chi connectivity index (χ3v) is 5.94. The SMILES string of the molecule is O=C(COc1ccccc1)N1CCN([C@H]2C[C@@H]3CC[C@@H]2C3)CC1. The molecular weight excluding hydrogens is 288 g/mol. The molecular formula is C19H26N2O2. The van der Waals surface area contributed by atoms with Gasteiger partial charge < -0.3 is 9.64 Å². The van der Waals surface area contributed by atoms with Crippen molar-refractivity contribution in [2.45, 2.75) is 31.7 Å². The molecule has 23 heavy (non-hydrogen) atoms. The van der Waals surface area contributed by atoms with Gasteiger partial charge in [-0.15, -0.1) is 0 Å². The molecule has 1 amide bonds.